The molecule has 1 amide bonds. The van der Waals surface area contributed by atoms with Crippen LogP contribution < -0.4 is 10.1 Å². The van der Waals surface area contributed by atoms with E-state index in [0.717, 1.165) is 28.8 Å². The zero-order chi connectivity index (χ0) is 14.4. The van der Waals surface area contributed by atoms with Crippen LogP contribution in [0.5, 0.6) is 5.75 Å². The lowest BCUT2D eigenvalue weighted by Crippen LogP contribution is -2.23. The second-order valence-electron chi connectivity index (χ2n) is 6.30. The molecule has 2 fully saturated rings. The summed E-state index contributed by atoms with van der Waals surface area (Å²) >= 11 is 0. The number of hydrogen-bond acceptors (Lipinski definition) is 2. The normalized spacial score (nSPS) is 22.0. The molecule has 2 aromatic rings. The summed E-state index contributed by atoms with van der Waals surface area (Å²) in [6.07, 6.45) is 6.69. The Labute approximate surface area is 123 Å². The number of rotatable bonds is 4. The van der Waals surface area contributed by atoms with Crippen LogP contribution in [0.25, 0.3) is 10.9 Å². The Balaban J connectivity index is 1.55. The molecule has 1 aromatic heterocycles. The highest BCUT2D eigenvalue weighted by molar-refractivity contribution is 6.03. The van der Waals surface area contributed by atoms with Gasteiger partial charge in [0.2, 0.25) is 5.91 Å². The fourth-order valence-corrected chi connectivity index (χ4v) is 3.58. The van der Waals surface area contributed by atoms with Gasteiger partial charge in [0.25, 0.3) is 0 Å². The zero-order valence-electron chi connectivity index (χ0n) is 12.2. The number of aromatic amines is 1. The van der Waals surface area contributed by atoms with Crippen molar-refractivity contribution >= 4 is 22.5 Å². The average Bonchev–Trinajstić information content (AvgIpc) is 3.11. The largest absolute Gasteiger partial charge is 0.494 e. The van der Waals surface area contributed by atoms with Crippen molar-refractivity contribution in [2.24, 2.45) is 11.3 Å². The van der Waals surface area contributed by atoms with E-state index in [1.54, 1.807) is 0 Å². The highest BCUT2D eigenvalue weighted by Gasteiger charge is 2.60. The molecule has 4 nitrogen and oxygen atoms in total. The standard InChI is InChI=1S/C17H20N2O2/c1-2-21-11-4-5-14-12(8-11)15(10-18-14)19-16(20)13-9-17(13)6-3-7-17/h4-5,8,10,13,18H,2-3,6-7,9H2,1H3,(H,19,20). The Kier molecular flexibility index (Phi) is 2.74. The molecule has 21 heavy (non-hydrogen) atoms. The predicted molar refractivity (Wildman–Crippen MR) is 82.5 cm³/mol. The molecule has 1 unspecified atom stereocenters. The lowest BCUT2D eigenvalue weighted by molar-refractivity contribution is -0.118. The summed E-state index contributed by atoms with van der Waals surface area (Å²) in [6.45, 7) is 2.61. The molecule has 1 atom stereocenters. The first kappa shape index (κ1) is 12.7. The minimum Gasteiger partial charge on any atom is -0.494 e. The summed E-state index contributed by atoms with van der Waals surface area (Å²) < 4.78 is 5.54. The van der Waals surface area contributed by atoms with Crippen molar-refractivity contribution in [2.45, 2.75) is 32.6 Å². The predicted octanol–water partition coefficient (Wildman–Crippen LogP) is 3.70. The van der Waals surface area contributed by atoms with Crippen LogP contribution in [-0.4, -0.2) is 17.5 Å². The first-order valence-corrected chi connectivity index (χ1v) is 7.77. The van der Waals surface area contributed by atoms with Crippen LogP contribution in [0, 0.1) is 11.3 Å². The number of nitrogens with one attached hydrogen (secondary N) is 2. The van der Waals surface area contributed by atoms with Crippen LogP contribution in [0.15, 0.2) is 24.4 Å². The van der Waals surface area contributed by atoms with E-state index in [1.807, 2.05) is 31.3 Å². The van der Waals surface area contributed by atoms with E-state index in [9.17, 15) is 4.79 Å². The maximum atomic E-state index is 12.4. The number of anilines is 1. The molecule has 1 spiro atoms. The van der Waals surface area contributed by atoms with Crippen LogP contribution in [0.3, 0.4) is 0 Å². The fraction of sp³-hybridized carbons (Fsp3) is 0.471. The van der Waals surface area contributed by atoms with Gasteiger partial charge in [0, 0.05) is 23.0 Å². The number of fused-ring (bicyclic) bond motifs is 1. The Morgan fingerprint density at radius 3 is 3.00 bits per heavy atom. The third-order valence-electron chi connectivity index (χ3n) is 5.08. The van der Waals surface area contributed by atoms with Crippen molar-refractivity contribution in [1.29, 1.82) is 0 Å². The molecule has 110 valence electrons. The Morgan fingerprint density at radius 2 is 2.33 bits per heavy atom. The van der Waals surface area contributed by atoms with Gasteiger partial charge in [-0.05, 0) is 49.8 Å². The van der Waals surface area contributed by atoms with Gasteiger partial charge in [0.05, 0.1) is 12.3 Å². The molecule has 0 aliphatic heterocycles. The van der Waals surface area contributed by atoms with Gasteiger partial charge in [-0.2, -0.15) is 0 Å². The minimum absolute atomic E-state index is 0.178. The first-order chi connectivity index (χ1) is 10.2. The fourth-order valence-electron chi connectivity index (χ4n) is 3.58. The van der Waals surface area contributed by atoms with Crippen molar-refractivity contribution < 1.29 is 9.53 Å². The lowest BCUT2D eigenvalue weighted by Gasteiger charge is -2.26. The third kappa shape index (κ3) is 2.01. The second-order valence-corrected chi connectivity index (χ2v) is 6.30. The van der Waals surface area contributed by atoms with Crippen molar-refractivity contribution in [3.05, 3.63) is 24.4 Å². The van der Waals surface area contributed by atoms with E-state index in [1.165, 1.54) is 19.3 Å². The number of ether oxygens (including phenoxy) is 1. The quantitative estimate of drug-likeness (QED) is 0.899. The van der Waals surface area contributed by atoms with Crippen molar-refractivity contribution in [3.63, 3.8) is 0 Å². The molecule has 1 aromatic carbocycles. The van der Waals surface area contributed by atoms with Gasteiger partial charge in [0.1, 0.15) is 5.75 Å². The summed E-state index contributed by atoms with van der Waals surface area (Å²) in [7, 11) is 0. The monoisotopic (exact) mass is 284 g/mol. The highest BCUT2D eigenvalue weighted by atomic mass is 16.5. The second kappa shape index (κ2) is 4.52. The topological polar surface area (TPSA) is 54.1 Å². The molecule has 0 bridgehead atoms. The van der Waals surface area contributed by atoms with Crippen molar-refractivity contribution in [1.82, 2.24) is 4.98 Å². The van der Waals surface area contributed by atoms with Crippen LogP contribution in [0.1, 0.15) is 32.6 Å². The molecule has 4 rings (SSSR count). The van der Waals surface area contributed by atoms with E-state index < -0.39 is 0 Å². The maximum Gasteiger partial charge on any atom is 0.228 e. The SMILES string of the molecule is CCOc1ccc2[nH]cc(NC(=O)C3CC34CCC4)c2c1. The molecule has 0 radical (unpaired) electrons. The number of carbonyl (C=O) groups excluding carboxylic acids is 1. The Bertz CT molecular complexity index is 700. The molecule has 2 aliphatic rings. The number of aromatic nitrogens is 1. The Hall–Kier alpha value is -1.97. The highest BCUT2D eigenvalue weighted by Crippen LogP contribution is 2.65. The molecule has 1 heterocycles. The number of hydrogen-bond donors (Lipinski definition) is 2. The van der Waals surface area contributed by atoms with Crippen molar-refractivity contribution in [3.8, 4) is 5.75 Å². The van der Waals surface area contributed by atoms with E-state index in [2.05, 4.69) is 10.3 Å². The smallest absolute Gasteiger partial charge is 0.228 e. The summed E-state index contributed by atoms with van der Waals surface area (Å²) in [4.78, 5) is 15.6. The molecular formula is C17H20N2O2. The van der Waals surface area contributed by atoms with Crippen LogP contribution >= 0.6 is 0 Å². The minimum atomic E-state index is 0.178. The first-order valence-electron chi connectivity index (χ1n) is 7.77. The van der Waals surface area contributed by atoms with Gasteiger partial charge in [-0.25, -0.2) is 0 Å². The average molecular weight is 284 g/mol. The maximum absolute atomic E-state index is 12.4. The third-order valence-corrected chi connectivity index (χ3v) is 5.08. The van der Waals surface area contributed by atoms with Crippen LogP contribution in [0.4, 0.5) is 5.69 Å². The number of carbonyl (C=O) groups is 1. The van der Waals surface area contributed by atoms with Gasteiger partial charge in [0.15, 0.2) is 0 Å². The lowest BCUT2D eigenvalue weighted by atomic mass is 9.79. The Morgan fingerprint density at radius 1 is 1.48 bits per heavy atom. The van der Waals surface area contributed by atoms with E-state index in [0.29, 0.717) is 12.0 Å². The molecule has 4 heteroatoms. The molecular weight excluding hydrogens is 264 g/mol. The molecule has 2 N–H and O–H groups in total. The number of H-pyrrole nitrogens is 1. The van der Waals surface area contributed by atoms with Gasteiger partial charge in [-0.3, -0.25) is 4.79 Å². The zero-order valence-corrected chi connectivity index (χ0v) is 12.2. The number of benzene rings is 1. The molecule has 0 saturated heterocycles. The molecule has 2 aliphatic carbocycles. The van der Waals surface area contributed by atoms with Crippen molar-refractivity contribution in [2.75, 3.05) is 11.9 Å². The number of amides is 1. The van der Waals surface area contributed by atoms with Gasteiger partial charge < -0.3 is 15.0 Å². The van der Waals surface area contributed by atoms with Gasteiger partial charge in [-0.1, -0.05) is 6.42 Å². The van der Waals surface area contributed by atoms with Crippen LogP contribution in [-0.2, 0) is 4.79 Å². The van der Waals surface area contributed by atoms with E-state index >= 15 is 0 Å². The summed E-state index contributed by atoms with van der Waals surface area (Å²) in [6, 6.07) is 5.91. The van der Waals surface area contributed by atoms with E-state index in [4.69, 9.17) is 4.74 Å². The van der Waals surface area contributed by atoms with Gasteiger partial charge >= 0.3 is 0 Å². The van der Waals surface area contributed by atoms with Crippen LogP contribution in [0.2, 0.25) is 0 Å². The summed E-state index contributed by atoms with van der Waals surface area (Å²) in [5.74, 6) is 1.24. The van der Waals surface area contributed by atoms with E-state index in [-0.39, 0.29) is 11.8 Å². The summed E-state index contributed by atoms with van der Waals surface area (Å²) in [5, 5.41) is 4.11. The molecule has 2 saturated carbocycles. The summed E-state index contributed by atoms with van der Waals surface area (Å²) in [5.41, 5.74) is 2.24. The van der Waals surface area contributed by atoms with Gasteiger partial charge in [-0.15, -0.1) is 0 Å².